The number of carboxylic acids is 1. The number of hydrogen-bond donors (Lipinski definition) is 2. The first-order valence-corrected chi connectivity index (χ1v) is 8.08. The fourth-order valence-corrected chi connectivity index (χ4v) is 2.97. The number of carbonyl (C=O) groups excluding carboxylic acids is 1. The molecule has 2 N–H and O–H groups in total. The Morgan fingerprint density at radius 1 is 1.43 bits per heavy atom. The zero-order valence-corrected chi connectivity index (χ0v) is 13.6. The van der Waals surface area contributed by atoms with Gasteiger partial charge in [0.25, 0.3) is 5.91 Å². The van der Waals surface area contributed by atoms with Crippen LogP contribution < -0.4 is 5.32 Å². The van der Waals surface area contributed by atoms with Crippen LogP contribution in [0.4, 0.5) is 0 Å². The van der Waals surface area contributed by atoms with Crippen LogP contribution in [0.2, 0.25) is 0 Å². The fourth-order valence-electron chi connectivity index (χ4n) is 1.99. The van der Waals surface area contributed by atoms with Gasteiger partial charge in [0.05, 0.1) is 4.88 Å². The maximum absolute atomic E-state index is 12.2. The molecule has 1 heterocycles. The molecule has 0 radical (unpaired) electrons. The predicted molar refractivity (Wildman–Crippen MR) is 86.8 cm³/mol. The lowest BCUT2D eigenvalue weighted by atomic mass is 10.1. The molecule has 0 fully saturated rings. The number of amides is 1. The zero-order valence-electron chi connectivity index (χ0n) is 12.8. The zero-order chi connectivity index (χ0) is 15.8. The highest BCUT2D eigenvalue weighted by Gasteiger charge is 2.13. The predicted octanol–water partition coefficient (Wildman–Crippen LogP) is 3.85. The summed E-state index contributed by atoms with van der Waals surface area (Å²) in [4.78, 5) is 24.1. The fraction of sp³-hybridized carbons (Fsp3) is 0.500. The molecule has 0 saturated heterocycles. The highest BCUT2D eigenvalue weighted by molar-refractivity contribution is 7.15. The van der Waals surface area contributed by atoms with Crippen LogP contribution in [0.1, 0.15) is 59.6 Å². The van der Waals surface area contributed by atoms with Crippen molar-refractivity contribution in [1.82, 2.24) is 5.32 Å². The molecule has 0 saturated carbocycles. The molecule has 0 aliphatic carbocycles. The third-order valence-corrected chi connectivity index (χ3v) is 4.38. The van der Waals surface area contributed by atoms with Gasteiger partial charge in [0, 0.05) is 17.0 Å². The Balaban J connectivity index is 2.62. The Hall–Kier alpha value is -1.62. The Morgan fingerprint density at radius 3 is 2.76 bits per heavy atom. The van der Waals surface area contributed by atoms with Gasteiger partial charge in [0.2, 0.25) is 0 Å². The van der Waals surface area contributed by atoms with Crippen LogP contribution >= 0.6 is 11.3 Å². The standard InChI is InChI=1S/C16H23NO3S/c1-4-5-6-7-12(3)17-16(20)14-10-11(2)13(21-14)8-9-15(18)19/h8-10,12H,4-7H2,1-3H3,(H,17,20)(H,18,19)/b9-8+. The van der Waals surface area contributed by atoms with Crippen LogP contribution in [0.15, 0.2) is 12.1 Å². The monoisotopic (exact) mass is 309 g/mol. The number of thiophene rings is 1. The van der Waals surface area contributed by atoms with E-state index < -0.39 is 5.97 Å². The smallest absolute Gasteiger partial charge is 0.328 e. The SMILES string of the molecule is CCCCCC(C)NC(=O)c1cc(C)c(/C=C/C(=O)O)s1. The van der Waals surface area contributed by atoms with Gasteiger partial charge in [-0.25, -0.2) is 4.79 Å². The van der Waals surface area contributed by atoms with Crippen molar-refractivity contribution < 1.29 is 14.7 Å². The second kappa shape index (κ2) is 8.62. The molecule has 1 aromatic heterocycles. The van der Waals surface area contributed by atoms with E-state index in [1.165, 1.54) is 30.3 Å². The molecule has 1 aromatic rings. The second-order valence-corrected chi connectivity index (χ2v) is 6.28. The molecule has 1 amide bonds. The average molecular weight is 309 g/mol. The van der Waals surface area contributed by atoms with E-state index in [4.69, 9.17) is 5.11 Å². The summed E-state index contributed by atoms with van der Waals surface area (Å²) in [5.74, 6) is -1.07. The molecule has 0 aliphatic heterocycles. The molecule has 21 heavy (non-hydrogen) atoms. The lowest BCUT2D eigenvalue weighted by molar-refractivity contribution is -0.131. The van der Waals surface area contributed by atoms with Crippen molar-refractivity contribution in [2.24, 2.45) is 0 Å². The van der Waals surface area contributed by atoms with E-state index in [9.17, 15) is 9.59 Å². The van der Waals surface area contributed by atoms with Gasteiger partial charge in [0.15, 0.2) is 0 Å². The van der Waals surface area contributed by atoms with Crippen LogP contribution in [0, 0.1) is 6.92 Å². The van der Waals surface area contributed by atoms with Gasteiger partial charge >= 0.3 is 5.97 Å². The Morgan fingerprint density at radius 2 is 2.14 bits per heavy atom. The van der Waals surface area contributed by atoms with Crippen molar-refractivity contribution in [3.8, 4) is 0 Å². The minimum atomic E-state index is -0.988. The van der Waals surface area contributed by atoms with Gasteiger partial charge in [0.1, 0.15) is 0 Å². The van der Waals surface area contributed by atoms with E-state index in [1.54, 1.807) is 6.07 Å². The highest BCUT2D eigenvalue weighted by Crippen LogP contribution is 2.23. The third-order valence-electron chi connectivity index (χ3n) is 3.18. The van der Waals surface area contributed by atoms with E-state index in [2.05, 4.69) is 12.2 Å². The Bertz CT molecular complexity index is 520. The summed E-state index contributed by atoms with van der Waals surface area (Å²) in [6, 6.07) is 1.96. The molecular weight excluding hydrogens is 286 g/mol. The van der Waals surface area contributed by atoms with Crippen molar-refractivity contribution >= 4 is 29.3 Å². The summed E-state index contributed by atoms with van der Waals surface area (Å²) < 4.78 is 0. The van der Waals surface area contributed by atoms with Crippen molar-refractivity contribution in [2.75, 3.05) is 0 Å². The minimum Gasteiger partial charge on any atom is -0.478 e. The molecule has 5 heteroatoms. The topological polar surface area (TPSA) is 66.4 Å². The van der Waals surface area contributed by atoms with E-state index >= 15 is 0 Å². The molecule has 0 aromatic carbocycles. The summed E-state index contributed by atoms with van der Waals surface area (Å²) in [7, 11) is 0. The summed E-state index contributed by atoms with van der Waals surface area (Å²) in [5.41, 5.74) is 0.918. The molecule has 1 unspecified atom stereocenters. The number of rotatable bonds is 8. The summed E-state index contributed by atoms with van der Waals surface area (Å²) in [6.45, 7) is 6.04. The van der Waals surface area contributed by atoms with E-state index in [1.807, 2.05) is 13.8 Å². The number of aryl methyl sites for hydroxylation is 1. The average Bonchev–Trinajstić information content (AvgIpc) is 2.78. The summed E-state index contributed by atoms with van der Waals surface area (Å²) in [5, 5.41) is 11.6. The summed E-state index contributed by atoms with van der Waals surface area (Å²) >= 11 is 1.32. The maximum Gasteiger partial charge on any atom is 0.328 e. The van der Waals surface area contributed by atoms with Crippen molar-refractivity contribution in [2.45, 2.75) is 52.5 Å². The van der Waals surface area contributed by atoms with Gasteiger partial charge in [-0.05, 0) is 38.0 Å². The lowest BCUT2D eigenvalue weighted by Gasteiger charge is -2.12. The van der Waals surface area contributed by atoms with E-state index in [0.717, 1.165) is 29.4 Å². The largest absolute Gasteiger partial charge is 0.478 e. The summed E-state index contributed by atoms with van der Waals surface area (Å²) in [6.07, 6.45) is 7.08. The maximum atomic E-state index is 12.2. The van der Waals surface area contributed by atoms with Crippen molar-refractivity contribution in [3.05, 3.63) is 27.5 Å². The van der Waals surface area contributed by atoms with E-state index in [0.29, 0.717) is 4.88 Å². The Labute approximate surface area is 129 Å². The lowest BCUT2D eigenvalue weighted by Crippen LogP contribution is -2.31. The minimum absolute atomic E-state index is 0.0814. The van der Waals surface area contributed by atoms with Gasteiger partial charge in [-0.3, -0.25) is 4.79 Å². The highest BCUT2D eigenvalue weighted by atomic mass is 32.1. The van der Waals surface area contributed by atoms with E-state index in [-0.39, 0.29) is 11.9 Å². The normalized spacial score (nSPS) is 12.5. The quantitative estimate of drug-likeness (QED) is 0.566. The first-order chi connectivity index (χ1) is 9.93. The van der Waals surface area contributed by atoms with Crippen LogP contribution in [0.5, 0.6) is 0 Å². The van der Waals surface area contributed by atoms with Crippen LogP contribution in [0.3, 0.4) is 0 Å². The third kappa shape index (κ3) is 6.12. The van der Waals surface area contributed by atoms with Crippen LogP contribution in [-0.2, 0) is 4.79 Å². The molecule has 4 nitrogen and oxygen atoms in total. The number of carbonyl (C=O) groups is 2. The molecule has 1 rings (SSSR count). The Kier molecular flexibility index (Phi) is 7.15. The van der Waals surface area contributed by atoms with Crippen LogP contribution in [-0.4, -0.2) is 23.0 Å². The van der Waals surface area contributed by atoms with Crippen LogP contribution in [0.25, 0.3) is 6.08 Å². The second-order valence-electron chi connectivity index (χ2n) is 5.20. The number of nitrogens with one attached hydrogen (secondary N) is 1. The van der Waals surface area contributed by atoms with Gasteiger partial charge in [-0.1, -0.05) is 26.2 Å². The molecule has 1 atom stereocenters. The number of unbranched alkanes of at least 4 members (excludes halogenated alkanes) is 2. The molecule has 116 valence electrons. The molecule has 0 aliphatic rings. The number of carboxylic acid groups (broad SMARTS) is 1. The first-order valence-electron chi connectivity index (χ1n) is 7.26. The molecule has 0 spiro atoms. The van der Waals surface area contributed by atoms with Gasteiger partial charge in [-0.2, -0.15) is 0 Å². The molecule has 0 bridgehead atoms. The van der Waals surface area contributed by atoms with Gasteiger partial charge in [-0.15, -0.1) is 11.3 Å². The number of hydrogen-bond acceptors (Lipinski definition) is 3. The number of aliphatic carboxylic acids is 1. The first kappa shape index (κ1) is 17.4. The van der Waals surface area contributed by atoms with Crippen molar-refractivity contribution in [3.63, 3.8) is 0 Å². The molecular formula is C16H23NO3S. The van der Waals surface area contributed by atoms with Gasteiger partial charge < -0.3 is 10.4 Å². The van der Waals surface area contributed by atoms with Crippen molar-refractivity contribution in [1.29, 1.82) is 0 Å².